The van der Waals surface area contributed by atoms with Crippen LogP contribution in [0.2, 0.25) is 0 Å². The van der Waals surface area contributed by atoms with Gasteiger partial charge >= 0.3 is 0 Å². The van der Waals surface area contributed by atoms with Crippen molar-refractivity contribution in [3.63, 3.8) is 0 Å². The minimum absolute atomic E-state index is 0.00176. The van der Waals surface area contributed by atoms with E-state index in [1.165, 1.54) is 13.2 Å². The van der Waals surface area contributed by atoms with Crippen LogP contribution >= 0.6 is 0 Å². The van der Waals surface area contributed by atoms with Crippen LogP contribution in [0.3, 0.4) is 0 Å². The lowest BCUT2D eigenvalue weighted by Gasteiger charge is -2.21. The smallest absolute Gasteiger partial charge is 0.225 e. The standard InChI is InChI=1S/C14H20FNO2/c1-5-10(2)14(17)16(3)9-11-6-7-13(18-4)12(15)8-11/h6-8,10H,5,9H2,1-4H3. The predicted molar refractivity (Wildman–Crippen MR) is 68.9 cm³/mol. The van der Waals surface area contributed by atoms with Gasteiger partial charge in [-0.2, -0.15) is 0 Å². The number of ether oxygens (including phenoxy) is 1. The number of carbonyl (C=O) groups excluding carboxylic acids is 1. The van der Waals surface area contributed by atoms with Gasteiger partial charge in [-0.15, -0.1) is 0 Å². The van der Waals surface area contributed by atoms with Crippen molar-refractivity contribution in [1.29, 1.82) is 0 Å². The predicted octanol–water partition coefficient (Wildman–Crippen LogP) is 2.84. The zero-order valence-corrected chi connectivity index (χ0v) is 11.4. The fraction of sp³-hybridized carbons (Fsp3) is 0.500. The normalized spacial score (nSPS) is 12.1. The number of carbonyl (C=O) groups is 1. The van der Waals surface area contributed by atoms with Gasteiger partial charge in [-0.25, -0.2) is 4.39 Å². The summed E-state index contributed by atoms with van der Waals surface area (Å²) in [4.78, 5) is 13.5. The van der Waals surface area contributed by atoms with Gasteiger partial charge in [0.05, 0.1) is 7.11 Å². The fourth-order valence-corrected chi connectivity index (χ4v) is 1.71. The van der Waals surface area contributed by atoms with E-state index in [2.05, 4.69) is 0 Å². The third-order valence-corrected chi connectivity index (χ3v) is 3.05. The Morgan fingerprint density at radius 2 is 2.17 bits per heavy atom. The lowest BCUT2D eigenvalue weighted by molar-refractivity contribution is -0.134. The van der Waals surface area contributed by atoms with Crippen LogP contribution in [0.4, 0.5) is 4.39 Å². The van der Waals surface area contributed by atoms with Crippen LogP contribution in [-0.4, -0.2) is 25.0 Å². The summed E-state index contributed by atoms with van der Waals surface area (Å²) in [5, 5.41) is 0. The number of rotatable bonds is 5. The molecule has 0 spiro atoms. The molecule has 1 aromatic carbocycles. The van der Waals surface area contributed by atoms with Crippen molar-refractivity contribution in [2.45, 2.75) is 26.8 Å². The van der Waals surface area contributed by atoms with Crippen molar-refractivity contribution in [3.8, 4) is 5.75 Å². The maximum absolute atomic E-state index is 13.5. The van der Waals surface area contributed by atoms with E-state index in [1.807, 2.05) is 13.8 Å². The first-order valence-corrected chi connectivity index (χ1v) is 6.07. The van der Waals surface area contributed by atoms with Crippen LogP contribution in [0, 0.1) is 11.7 Å². The second-order valence-electron chi connectivity index (χ2n) is 4.47. The van der Waals surface area contributed by atoms with E-state index >= 15 is 0 Å². The maximum Gasteiger partial charge on any atom is 0.225 e. The van der Waals surface area contributed by atoms with Crippen molar-refractivity contribution >= 4 is 5.91 Å². The first kappa shape index (κ1) is 14.5. The molecule has 1 rings (SSSR count). The number of benzene rings is 1. The fourth-order valence-electron chi connectivity index (χ4n) is 1.71. The highest BCUT2D eigenvalue weighted by Gasteiger charge is 2.16. The summed E-state index contributed by atoms with van der Waals surface area (Å²) >= 11 is 0. The molecule has 0 bridgehead atoms. The molecule has 1 aromatic rings. The molecule has 18 heavy (non-hydrogen) atoms. The van der Waals surface area contributed by atoms with E-state index in [9.17, 15) is 9.18 Å². The SMILES string of the molecule is CCC(C)C(=O)N(C)Cc1ccc(OC)c(F)c1. The lowest BCUT2D eigenvalue weighted by atomic mass is 10.1. The number of methoxy groups -OCH3 is 1. The lowest BCUT2D eigenvalue weighted by Crippen LogP contribution is -2.30. The highest BCUT2D eigenvalue weighted by Crippen LogP contribution is 2.19. The van der Waals surface area contributed by atoms with E-state index in [4.69, 9.17) is 4.74 Å². The molecule has 1 amide bonds. The largest absolute Gasteiger partial charge is 0.494 e. The van der Waals surface area contributed by atoms with Crippen LogP contribution in [0.25, 0.3) is 0 Å². The molecule has 4 heteroatoms. The molecule has 1 unspecified atom stereocenters. The van der Waals surface area contributed by atoms with Gasteiger partial charge in [0.1, 0.15) is 0 Å². The summed E-state index contributed by atoms with van der Waals surface area (Å²) in [7, 11) is 3.16. The van der Waals surface area contributed by atoms with Crippen LogP contribution in [0.15, 0.2) is 18.2 Å². The highest BCUT2D eigenvalue weighted by atomic mass is 19.1. The molecule has 0 fully saturated rings. The van der Waals surface area contributed by atoms with Crippen molar-refractivity contribution in [3.05, 3.63) is 29.6 Å². The Hall–Kier alpha value is -1.58. The summed E-state index contributed by atoms with van der Waals surface area (Å²) < 4.78 is 18.4. The number of hydrogen-bond acceptors (Lipinski definition) is 2. The summed E-state index contributed by atoms with van der Waals surface area (Å²) in [5.41, 5.74) is 0.757. The summed E-state index contributed by atoms with van der Waals surface area (Å²) in [6.45, 7) is 4.28. The molecule has 0 saturated carbocycles. The molecule has 100 valence electrons. The minimum Gasteiger partial charge on any atom is -0.494 e. The number of nitrogens with zero attached hydrogens (tertiary/aromatic N) is 1. The van der Waals surface area contributed by atoms with E-state index < -0.39 is 5.82 Å². The van der Waals surface area contributed by atoms with E-state index in [1.54, 1.807) is 24.1 Å². The van der Waals surface area contributed by atoms with Gasteiger partial charge in [0, 0.05) is 19.5 Å². The Morgan fingerprint density at radius 1 is 1.50 bits per heavy atom. The number of halogens is 1. The minimum atomic E-state index is -0.403. The molecule has 0 aliphatic rings. The van der Waals surface area contributed by atoms with Gasteiger partial charge < -0.3 is 9.64 Å². The molecular formula is C14H20FNO2. The Balaban J connectivity index is 2.73. The van der Waals surface area contributed by atoms with Crippen molar-refractivity contribution in [1.82, 2.24) is 4.90 Å². The van der Waals surface area contributed by atoms with Crippen LogP contribution in [-0.2, 0) is 11.3 Å². The monoisotopic (exact) mass is 253 g/mol. The van der Waals surface area contributed by atoms with Crippen LogP contribution in [0.1, 0.15) is 25.8 Å². The number of amides is 1. The molecule has 0 N–H and O–H groups in total. The molecule has 1 atom stereocenters. The average Bonchev–Trinajstić information content (AvgIpc) is 2.37. The Kier molecular flexibility index (Phi) is 5.13. The zero-order chi connectivity index (χ0) is 13.7. The van der Waals surface area contributed by atoms with Crippen molar-refractivity contribution in [2.75, 3.05) is 14.2 Å². The topological polar surface area (TPSA) is 29.5 Å². The molecule has 0 aliphatic heterocycles. The van der Waals surface area contributed by atoms with E-state index in [0.29, 0.717) is 6.54 Å². The molecule has 0 heterocycles. The average molecular weight is 253 g/mol. The van der Waals surface area contributed by atoms with Gasteiger partial charge in [0.2, 0.25) is 5.91 Å². The second kappa shape index (κ2) is 6.38. The quantitative estimate of drug-likeness (QED) is 0.807. The molecule has 0 radical (unpaired) electrons. The summed E-state index contributed by atoms with van der Waals surface area (Å²) in [6.07, 6.45) is 0.806. The van der Waals surface area contributed by atoms with Crippen LogP contribution in [0.5, 0.6) is 5.75 Å². The maximum atomic E-state index is 13.5. The van der Waals surface area contributed by atoms with Gasteiger partial charge in [0.15, 0.2) is 11.6 Å². The van der Waals surface area contributed by atoms with Crippen molar-refractivity contribution < 1.29 is 13.9 Å². The van der Waals surface area contributed by atoms with Gasteiger partial charge in [-0.05, 0) is 24.1 Å². The van der Waals surface area contributed by atoms with Crippen molar-refractivity contribution in [2.24, 2.45) is 5.92 Å². The first-order valence-electron chi connectivity index (χ1n) is 6.07. The van der Waals surface area contributed by atoms with Gasteiger partial charge in [-0.3, -0.25) is 4.79 Å². The Labute approximate surface area is 108 Å². The van der Waals surface area contributed by atoms with Gasteiger partial charge in [0.25, 0.3) is 0 Å². The summed E-state index contributed by atoms with van der Waals surface area (Å²) in [5.74, 6) is -0.110. The molecule has 0 aliphatic carbocycles. The Bertz CT molecular complexity index is 420. The zero-order valence-electron chi connectivity index (χ0n) is 11.4. The van der Waals surface area contributed by atoms with Crippen LogP contribution < -0.4 is 4.74 Å². The number of hydrogen-bond donors (Lipinski definition) is 0. The summed E-state index contributed by atoms with van der Waals surface area (Å²) in [6, 6.07) is 4.74. The highest BCUT2D eigenvalue weighted by molar-refractivity contribution is 5.78. The Morgan fingerprint density at radius 3 is 2.67 bits per heavy atom. The van der Waals surface area contributed by atoms with E-state index in [-0.39, 0.29) is 17.6 Å². The molecule has 3 nitrogen and oxygen atoms in total. The molecule has 0 saturated heterocycles. The molecule has 0 aromatic heterocycles. The molecular weight excluding hydrogens is 233 g/mol. The first-order chi connectivity index (χ1) is 8.49. The van der Waals surface area contributed by atoms with Gasteiger partial charge in [-0.1, -0.05) is 19.9 Å². The third-order valence-electron chi connectivity index (χ3n) is 3.05. The van der Waals surface area contributed by atoms with E-state index in [0.717, 1.165) is 12.0 Å². The third kappa shape index (κ3) is 3.45. The second-order valence-corrected chi connectivity index (χ2v) is 4.47.